The summed E-state index contributed by atoms with van der Waals surface area (Å²) in [6.45, 7) is 5.38. The van der Waals surface area contributed by atoms with E-state index in [0.29, 0.717) is 16.8 Å². The number of anilines is 1. The van der Waals surface area contributed by atoms with Crippen LogP contribution in [0.3, 0.4) is 0 Å². The number of imide groups is 1. The van der Waals surface area contributed by atoms with Crippen LogP contribution in [0.25, 0.3) is 0 Å². The van der Waals surface area contributed by atoms with Gasteiger partial charge in [0.2, 0.25) is 5.91 Å². The van der Waals surface area contributed by atoms with Crippen LogP contribution in [0.15, 0.2) is 36.4 Å². The molecule has 1 heterocycles. The second-order valence-corrected chi connectivity index (χ2v) is 6.11. The highest BCUT2D eigenvalue weighted by Gasteiger charge is 2.36. The van der Waals surface area contributed by atoms with E-state index in [4.69, 9.17) is 0 Å². The highest BCUT2D eigenvalue weighted by atomic mass is 16.2. The van der Waals surface area contributed by atoms with Crippen LogP contribution in [0.2, 0.25) is 0 Å². The van der Waals surface area contributed by atoms with E-state index in [-0.39, 0.29) is 6.54 Å². The van der Waals surface area contributed by atoms with E-state index >= 15 is 0 Å². The van der Waals surface area contributed by atoms with Crippen molar-refractivity contribution in [2.24, 2.45) is 0 Å². The second kappa shape index (κ2) is 5.92. The minimum Gasteiger partial charge on any atom is -0.324 e. The third-order valence-electron chi connectivity index (χ3n) is 4.10. The van der Waals surface area contributed by atoms with Gasteiger partial charge in [0, 0.05) is 5.69 Å². The van der Waals surface area contributed by atoms with Crippen LogP contribution in [0, 0.1) is 20.8 Å². The van der Waals surface area contributed by atoms with Crippen molar-refractivity contribution >= 4 is 23.4 Å². The Kier molecular flexibility index (Phi) is 3.93. The normalized spacial score (nSPS) is 13.2. The van der Waals surface area contributed by atoms with Crippen LogP contribution in [0.5, 0.6) is 0 Å². The van der Waals surface area contributed by atoms with E-state index in [1.165, 1.54) is 0 Å². The molecule has 3 rings (SSSR count). The summed E-state index contributed by atoms with van der Waals surface area (Å²) in [5.74, 6) is -1.24. The maximum atomic E-state index is 12.4. The molecule has 0 bridgehead atoms. The Morgan fingerprint density at radius 2 is 1.54 bits per heavy atom. The van der Waals surface area contributed by atoms with Gasteiger partial charge < -0.3 is 5.32 Å². The molecular formula is C19H18N2O3. The first kappa shape index (κ1) is 15.9. The molecule has 1 aliphatic rings. The molecule has 0 spiro atoms. The van der Waals surface area contributed by atoms with Crippen molar-refractivity contribution in [2.45, 2.75) is 20.8 Å². The molecule has 0 fully saturated rings. The zero-order valence-corrected chi connectivity index (χ0v) is 13.8. The van der Waals surface area contributed by atoms with Gasteiger partial charge in [0.25, 0.3) is 11.8 Å². The molecule has 2 aromatic carbocycles. The molecule has 24 heavy (non-hydrogen) atoms. The van der Waals surface area contributed by atoms with Crippen molar-refractivity contribution in [1.82, 2.24) is 4.90 Å². The van der Waals surface area contributed by atoms with Crippen molar-refractivity contribution in [3.8, 4) is 0 Å². The average Bonchev–Trinajstić information content (AvgIpc) is 2.75. The number of fused-ring (bicyclic) bond motifs is 1. The van der Waals surface area contributed by atoms with Crippen molar-refractivity contribution in [2.75, 3.05) is 11.9 Å². The topological polar surface area (TPSA) is 66.5 Å². The number of carbonyl (C=O) groups is 3. The number of hydrogen-bond acceptors (Lipinski definition) is 3. The lowest BCUT2D eigenvalue weighted by molar-refractivity contribution is -0.116. The van der Waals surface area contributed by atoms with Crippen molar-refractivity contribution in [3.05, 3.63) is 64.2 Å². The summed E-state index contributed by atoms with van der Waals surface area (Å²) in [7, 11) is 0. The molecule has 5 heteroatoms. The maximum Gasteiger partial charge on any atom is 0.262 e. The second-order valence-electron chi connectivity index (χ2n) is 6.11. The van der Waals surface area contributed by atoms with Gasteiger partial charge in [-0.1, -0.05) is 23.8 Å². The van der Waals surface area contributed by atoms with Crippen LogP contribution >= 0.6 is 0 Å². The summed E-state index contributed by atoms with van der Waals surface area (Å²) < 4.78 is 0. The monoisotopic (exact) mass is 322 g/mol. The minimum atomic E-state index is -0.425. The predicted molar refractivity (Wildman–Crippen MR) is 91.1 cm³/mol. The Labute approximate surface area is 140 Å². The number of benzene rings is 2. The van der Waals surface area contributed by atoms with Gasteiger partial charge in [0.1, 0.15) is 6.54 Å². The molecule has 0 atom stereocenters. The molecule has 122 valence electrons. The van der Waals surface area contributed by atoms with E-state index in [0.717, 1.165) is 21.6 Å². The number of nitrogens with one attached hydrogen (secondary N) is 1. The van der Waals surface area contributed by atoms with Crippen molar-refractivity contribution in [3.63, 3.8) is 0 Å². The van der Waals surface area contributed by atoms with Gasteiger partial charge in [-0.2, -0.15) is 0 Å². The quantitative estimate of drug-likeness (QED) is 0.884. The lowest BCUT2D eigenvalue weighted by Crippen LogP contribution is -2.37. The third kappa shape index (κ3) is 2.80. The zero-order valence-electron chi connectivity index (χ0n) is 13.8. The van der Waals surface area contributed by atoms with Crippen LogP contribution < -0.4 is 5.32 Å². The molecule has 0 unspecified atom stereocenters. The molecule has 0 aliphatic carbocycles. The van der Waals surface area contributed by atoms with Gasteiger partial charge >= 0.3 is 0 Å². The summed E-state index contributed by atoms with van der Waals surface area (Å²) in [6, 6.07) is 10.8. The molecule has 5 nitrogen and oxygen atoms in total. The highest BCUT2D eigenvalue weighted by molar-refractivity contribution is 6.22. The molecule has 0 aromatic heterocycles. The van der Waals surface area contributed by atoms with Gasteiger partial charge in [-0.15, -0.1) is 0 Å². The van der Waals surface area contributed by atoms with Gasteiger partial charge in [-0.3, -0.25) is 19.3 Å². The van der Waals surface area contributed by atoms with Crippen molar-refractivity contribution in [1.29, 1.82) is 0 Å². The number of carbonyl (C=O) groups excluding carboxylic acids is 3. The molecule has 0 saturated carbocycles. The molecular weight excluding hydrogens is 304 g/mol. The highest BCUT2D eigenvalue weighted by Crippen LogP contribution is 2.24. The van der Waals surface area contributed by atoms with E-state index in [1.54, 1.807) is 18.2 Å². The summed E-state index contributed by atoms with van der Waals surface area (Å²) in [4.78, 5) is 38.0. The number of aryl methyl sites for hydroxylation is 3. The van der Waals surface area contributed by atoms with Crippen molar-refractivity contribution < 1.29 is 14.4 Å². The molecule has 0 saturated heterocycles. The van der Waals surface area contributed by atoms with E-state index in [2.05, 4.69) is 5.32 Å². The first-order valence-corrected chi connectivity index (χ1v) is 7.71. The largest absolute Gasteiger partial charge is 0.324 e. The van der Waals surface area contributed by atoms with E-state index < -0.39 is 17.7 Å². The van der Waals surface area contributed by atoms with Crippen LogP contribution in [0.4, 0.5) is 5.69 Å². The number of nitrogens with zero attached hydrogens (tertiary/aromatic N) is 1. The number of hydrogen-bond donors (Lipinski definition) is 1. The SMILES string of the molecule is Cc1ccc(C)c(NC(=O)CN2C(=O)c3ccc(C)cc3C2=O)c1. The molecule has 1 N–H and O–H groups in total. The maximum absolute atomic E-state index is 12.4. The van der Waals surface area contributed by atoms with Crippen LogP contribution in [-0.4, -0.2) is 29.2 Å². The van der Waals surface area contributed by atoms with E-state index in [1.807, 2.05) is 39.0 Å². The molecule has 3 amide bonds. The standard InChI is InChI=1S/C19H18N2O3/c1-11-5-7-14-15(8-11)19(24)21(18(14)23)10-17(22)20-16-9-12(2)4-6-13(16)3/h4-9H,10H2,1-3H3,(H,20,22). The summed E-state index contributed by atoms with van der Waals surface area (Å²) in [6.07, 6.45) is 0. The smallest absolute Gasteiger partial charge is 0.262 e. The van der Waals surface area contributed by atoms with Gasteiger partial charge in [0.15, 0.2) is 0 Å². The lowest BCUT2D eigenvalue weighted by Gasteiger charge is -2.15. The van der Waals surface area contributed by atoms with Gasteiger partial charge in [-0.05, 0) is 50.1 Å². The summed E-state index contributed by atoms with van der Waals surface area (Å²) in [5.41, 5.74) is 4.24. The van der Waals surface area contributed by atoms with Crippen LogP contribution in [0.1, 0.15) is 37.4 Å². The van der Waals surface area contributed by atoms with Gasteiger partial charge in [0.05, 0.1) is 11.1 Å². The Morgan fingerprint density at radius 1 is 0.917 bits per heavy atom. The molecule has 2 aromatic rings. The van der Waals surface area contributed by atoms with E-state index in [9.17, 15) is 14.4 Å². The predicted octanol–water partition coefficient (Wildman–Crippen LogP) is 2.85. The fourth-order valence-corrected chi connectivity index (χ4v) is 2.75. The Balaban J connectivity index is 1.77. The first-order chi connectivity index (χ1) is 11.4. The minimum absolute atomic E-state index is 0.293. The third-order valence-corrected chi connectivity index (χ3v) is 4.10. The lowest BCUT2D eigenvalue weighted by atomic mass is 10.1. The summed E-state index contributed by atoms with van der Waals surface area (Å²) >= 11 is 0. The number of amides is 3. The zero-order chi connectivity index (χ0) is 17.4. The fourth-order valence-electron chi connectivity index (χ4n) is 2.75. The number of rotatable bonds is 3. The Morgan fingerprint density at radius 3 is 2.29 bits per heavy atom. The summed E-state index contributed by atoms with van der Waals surface area (Å²) in [5, 5.41) is 2.77. The van der Waals surface area contributed by atoms with Crippen LogP contribution in [-0.2, 0) is 4.79 Å². The Hall–Kier alpha value is -2.95. The molecule has 0 radical (unpaired) electrons. The fraction of sp³-hybridized carbons (Fsp3) is 0.211. The first-order valence-electron chi connectivity index (χ1n) is 7.71. The van der Waals surface area contributed by atoms with Gasteiger partial charge in [-0.25, -0.2) is 0 Å². The molecule has 1 aliphatic heterocycles. The average molecular weight is 322 g/mol. The Bertz CT molecular complexity index is 871.